The number of rotatable bonds is 6. The second-order valence-electron chi connectivity index (χ2n) is 7.82. The minimum Gasteiger partial charge on any atom is -0.478 e. The molecule has 0 saturated carbocycles. The van der Waals surface area contributed by atoms with E-state index >= 15 is 0 Å². The summed E-state index contributed by atoms with van der Waals surface area (Å²) in [5, 5.41) is 12.1. The molecular formula is C23H21ClN2O6. The Morgan fingerprint density at radius 1 is 1.06 bits per heavy atom. The van der Waals surface area contributed by atoms with Gasteiger partial charge in [0.1, 0.15) is 0 Å². The van der Waals surface area contributed by atoms with Crippen molar-refractivity contribution >= 4 is 41.0 Å². The van der Waals surface area contributed by atoms with Crippen molar-refractivity contribution in [2.75, 3.05) is 25.1 Å². The number of carboxylic acid groups (broad SMARTS) is 1. The van der Waals surface area contributed by atoms with Crippen LogP contribution in [0.15, 0.2) is 36.4 Å². The topological polar surface area (TPSA) is 113 Å². The first-order valence-electron chi connectivity index (χ1n) is 10.3. The van der Waals surface area contributed by atoms with Crippen LogP contribution in [0.5, 0.6) is 0 Å². The summed E-state index contributed by atoms with van der Waals surface area (Å²) in [6.45, 7) is 1.71. The van der Waals surface area contributed by atoms with Crippen LogP contribution in [0.3, 0.4) is 0 Å². The first-order chi connectivity index (χ1) is 15.3. The van der Waals surface area contributed by atoms with Gasteiger partial charge in [-0.1, -0.05) is 11.6 Å². The lowest BCUT2D eigenvalue weighted by Gasteiger charge is -2.23. The van der Waals surface area contributed by atoms with Crippen LogP contribution in [0.1, 0.15) is 60.7 Å². The van der Waals surface area contributed by atoms with Gasteiger partial charge in [-0.05, 0) is 61.6 Å². The molecule has 1 fully saturated rings. The lowest BCUT2D eigenvalue weighted by molar-refractivity contribution is 0.0536. The Hall–Kier alpha value is -3.23. The Labute approximate surface area is 189 Å². The SMILES string of the molecule is O=C(Nc1cc(Cl)ccc1C(=O)O)c1ccc2c(c1)C(=O)N(CCC1CCOCC1)C2=O. The molecule has 2 aromatic rings. The number of aromatic carboxylic acids is 1. The molecule has 2 N–H and O–H groups in total. The average Bonchev–Trinajstić information content (AvgIpc) is 3.02. The van der Waals surface area contributed by atoms with Crippen LogP contribution in [-0.4, -0.2) is 53.5 Å². The third-order valence-corrected chi connectivity index (χ3v) is 6.03. The first-order valence-corrected chi connectivity index (χ1v) is 10.6. The summed E-state index contributed by atoms with van der Waals surface area (Å²) in [5.74, 6) is -2.21. The molecular weight excluding hydrogens is 436 g/mol. The lowest BCUT2D eigenvalue weighted by Crippen LogP contribution is -2.32. The molecule has 0 aliphatic carbocycles. The second kappa shape index (κ2) is 9.10. The van der Waals surface area contributed by atoms with E-state index in [2.05, 4.69) is 5.32 Å². The maximum absolute atomic E-state index is 12.9. The van der Waals surface area contributed by atoms with Gasteiger partial charge in [0.05, 0.1) is 22.4 Å². The van der Waals surface area contributed by atoms with Crippen molar-refractivity contribution in [3.8, 4) is 0 Å². The Bertz CT molecular complexity index is 1110. The number of carbonyl (C=O) groups excluding carboxylic acids is 3. The van der Waals surface area contributed by atoms with E-state index in [1.165, 1.54) is 41.3 Å². The van der Waals surface area contributed by atoms with Gasteiger partial charge < -0.3 is 15.2 Å². The Balaban J connectivity index is 1.50. The van der Waals surface area contributed by atoms with Crippen molar-refractivity contribution in [2.24, 2.45) is 5.92 Å². The van der Waals surface area contributed by atoms with Crippen LogP contribution in [0.4, 0.5) is 5.69 Å². The van der Waals surface area contributed by atoms with E-state index in [9.17, 15) is 24.3 Å². The maximum atomic E-state index is 12.9. The summed E-state index contributed by atoms with van der Waals surface area (Å²) < 4.78 is 5.34. The third-order valence-electron chi connectivity index (χ3n) is 5.79. The van der Waals surface area contributed by atoms with Crippen molar-refractivity contribution in [1.29, 1.82) is 0 Å². The number of nitrogens with one attached hydrogen (secondary N) is 1. The monoisotopic (exact) mass is 456 g/mol. The molecule has 166 valence electrons. The molecule has 0 spiro atoms. The van der Waals surface area contributed by atoms with Crippen LogP contribution < -0.4 is 5.32 Å². The zero-order valence-corrected chi connectivity index (χ0v) is 17.9. The minimum absolute atomic E-state index is 0.0380. The molecule has 2 aliphatic rings. The summed E-state index contributed by atoms with van der Waals surface area (Å²) in [4.78, 5) is 50.9. The zero-order valence-electron chi connectivity index (χ0n) is 17.1. The third kappa shape index (κ3) is 4.37. The highest BCUT2D eigenvalue weighted by molar-refractivity contribution is 6.31. The summed E-state index contributed by atoms with van der Waals surface area (Å²) in [6.07, 6.45) is 2.54. The van der Waals surface area contributed by atoms with Crippen LogP contribution in [-0.2, 0) is 4.74 Å². The molecule has 2 aliphatic heterocycles. The normalized spacial score (nSPS) is 16.2. The molecule has 0 atom stereocenters. The van der Waals surface area contributed by atoms with E-state index in [0.717, 1.165) is 19.3 Å². The number of benzene rings is 2. The molecule has 9 heteroatoms. The molecule has 3 amide bonds. The zero-order chi connectivity index (χ0) is 22.8. The van der Waals surface area contributed by atoms with Gasteiger partial charge in [0, 0.05) is 30.3 Å². The molecule has 1 saturated heterocycles. The number of halogens is 1. The van der Waals surface area contributed by atoms with E-state index < -0.39 is 17.8 Å². The number of fused-ring (bicyclic) bond motifs is 1. The molecule has 0 radical (unpaired) electrons. The number of nitrogens with zero attached hydrogens (tertiary/aromatic N) is 1. The lowest BCUT2D eigenvalue weighted by atomic mass is 9.96. The number of carboxylic acids is 1. The van der Waals surface area contributed by atoms with Gasteiger partial charge in [0.15, 0.2) is 0 Å². The van der Waals surface area contributed by atoms with Crippen LogP contribution in [0.2, 0.25) is 5.02 Å². The Morgan fingerprint density at radius 3 is 2.50 bits per heavy atom. The fourth-order valence-electron chi connectivity index (χ4n) is 3.98. The summed E-state index contributed by atoms with van der Waals surface area (Å²) in [6, 6.07) is 8.30. The second-order valence-corrected chi connectivity index (χ2v) is 8.25. The van der Waals surface area contributed by atoms with Gasteiger partial charge in [0.25, 0.3) is 17.7 Å². The predicted molar refractivity (Wildman–Crippen MR) is 116 cm³/mol. The summed E-state index contributed by atoms with van der Waals surface area (Å²) in [7, 11) is 0. The largest absolute Gasteiger partial charge is 0.478 e. The minimum atomic E-state index is -1.22. The van der Waals surface area contributed by atoms with Crippen LogP contribution >= 0.6 is 11.6 Å². The van der Waals surface area contributed by atoms with Crippen LogP contribution in [0, 0.1) is 5.92 Å². The molecule has 8 nitrogen and oxygen atoms in total. The van der Waals surface area contributed by atoms with E-state index in [1.807, 2.05) is 0 Å². The van der Waals surface area contributed by atoms with Gasteiger partial charge in [-0.15, -0.1) is 0 Å². The number of hydrogen-bond donors (Lipinski definition) is 2. The number of ether oxygens (including phenoxy) is 1. The van der Waals surface area contributed by atoms with Gasteiger partial charge in [-0.2, -0.15) is 0 Å². The van der Waals surface area contributed by atoms with Gasteiger partial charge in [-0.3, -0.25) is 19.3 Å². The standard InChI is InChI=1S/C23H21ClN2O6/c24-15-2-4-17(23(30)31)19(12-15)25-20(27)14-1-3-16-18(11-14)22(29)26(21(16)28)8-5-13-6-9-32-10-7-13/h1-4,11-13H,5-10H2,(H,25,27)(H,30,31). The smallest absolute Gasteiger partial charge is 0.337 e. The Kier molecular flexibility index (Phi) is 6.25. The van der Waals surface area contributed by atoms with Crippen LogP contribution in [0.25, 0.3) is 0 Å². The molecule has 0 unspecified atom stereocenters. The molecule has 0 aromatic heterocycles. The molecule has 2 heterocycles. The number of amides is 3. The fourth-order valence-corrected chi connectivity index (χ4v) is 4.15. The Morgan fingerprint density at radius 2 is 1.78 bits per heavy atom. The van der Waals surface area contributed by atoms with Crippen molar-refractivity contribution < 1.29 is 29.0 Å². The van der Waals surface area contributed by atoms with E-state index in [4.69, 9.17) is 16.3 Å². The highest BCUT2D eigenvalue weighted by Gasteiger charge is 2.36. The quantitative estimate of drug-likeness (QED) is 0.641. The van der Waals surface area contributed by atoms with Crippen molar-refractivity contribution in [3.05, 3.63) is 63.7 Å². The molecule has 4 rings (SSSR count). The predicted octanol–water partition coefficient (Wildman–Crippen LogP) is 3.70. The average molecular weight is 457 g/mol. The van der Waals surface area contributed by atoms with E-state index in [0.29, 0.717) is 25.7 Å². The highest BCUT2D eigenvalue weighted by Crippen LogP contribution is 2.27. The van der Waals surface area contributed by atoms with E-state index in [-0.39, 0.29) is 38.9 Å². The molecule has 32 heavy (non-hydrogen) atoms. The highest BCUT2D eigenvalue weighted by atomic mass is 35.5. The van der Waals surface area contributed by atoms with Crippen molar-refractivity contribution in [3.63, 3.8) is 0 Å². The van der Waals surface area contributed by atoms with Gasteiger partial charge in [0.2, 0.25) is 0 Å². The van der Waals surface area contributed by atoms with Gasteiger partial charge >= 0.3 is 5.97 Å². The number of imide groups is 1. The van der Waals surface area contributed by atoms with Crippen molar-refractivity contribution in [2.45, 2.75) is 19.3 Å². The fraction of sp³-hybridized carbons (Fsp3) is 0.304. The van der Waals surface area contributed by atoms with E-state index in [1.54, 1.807) is 0 Å². The summed E-state index contributed by atoms with van der Waals surface area (Å²) >= 11 is 5.93. The number of anilines is 1. The molecule has 0 bridgehead atoms. The maximum Gasteiger partial charge on any atom is 0.337 e. The van der Waals surface area contributed by atoms with Gasteiger partial charge in [-0.25, -0.2) is 4.79 Å². The number of carbonyl (C=O) groups is 4. The molecule has 2 aromatic carbocycles. The number of hydrogen-bond acceptors (Lipinski definition) is 5. The summed E-state index contributed by atoms with van der Waals surface area (Å²) in [5.41, 5.74) is 0.477. The first kappa shape index (κ1) is 22.0. The van der Waals surface area contributed by atoms with Crippen molar-refractivity contribution in [1.82, 2.24) is 4.90 Å².